The summed E-state index contributed by atoms with van der Waals surface area (Å²) in [5.74, 6) is 1.05. The van der Waals surface area contributed by atoms with E-state index in [4.69, 9.17) is 0 Å². The molecule has 0 aromatic heterocycles. The van der Waals surface area contributed by atoms with E-state index in [1.165, 1.54) is 38.5 Å². The fraction of sp³-hybridized carbons (Fsp3) is 0.583. The lowest BCUT2D eigenvalue weighted by atomic mass is 9.77. The van der Waals surface area contributed by atoms with Crippen LogP contribution in [0.15, 0.2) is 30.4 Å². The van der Waals surface area contributed by atoms with Gasteiger partial charge >= 0.3 is 0 Å². The summed E-state index contributed by atoms with van der Waals surface area (Å²) in [4.78, 5) is 0. The van der Waals surface area contributed by atoms with E-state index in [1.54, 1.807) is 19.1 Å². The molecule has 0 heterocycles. The summed E-state index contributed by atoms with van der Waals surface area (Å²) in [5, 5.41) is 0. The Labute approximate surface area is 157 Å². The normalized spacial score (nSPS) is 26.9. The van der Waals surface area contributed by atoms with E-state index in [0.29, 0.717) is 17.0 Å². The topological polar surface area (TPSA) is 0 Å². The van der Waals surface area contributed by atoms with Gasteiger partial charge in [0.1, 0.15) is 0 Å². The summed E-state index contributed by atoms with van der Waals surface area (Å²) in [7, 11) is 0. The summed E-state index contributed by atoms with van der Waals surface area (Å²) < 4.78 is 28.0. The minimum absolute atomic E-state index is 0.379. The van der Waals surface area contributed by atoms with Crippen molar-refractivity contribution in [3.05, 3.63) is 53.1 Å². The molecule has 0 amide bonds. The molecule has 3 rings (SSSR count). The van der Waals surface area contributed by atoms with Gasteiger partial charge in [-0.25, -0.2) is 8.78 Å². The zero-order valence-corrected chi connectivity index (χ0v) is 16.2. The molecule has 142 valence electrons. The maximum atomic E-state index is 14.2. The number of allylic oxidation sites excluding steroid dienone is 4. The highest BCUT2D eigenvalue weighted by Crippen LogP contribution is 2.37. The Hall–Kier alpha value is -1.44. The highest BCUT2D eigenvalue weighted by atomic mass is 19.2. The summed E-state index contributed by atoms with van der Waals surface area (Å²) in [5.41, 5.74) is 1.84. The molecule has 0 N–H and O–H groups in total. The zero-order valence-electron chi connectivity index (χ0n) is 16.2. The number of hydrogen-bond acceptors (Lipinski definition) is 0. The summed E-state index contributed by atoms with van der Waals surface area (Å²) in [6, 6.07) is 3.42. The van der Waals surface area contributed by atoms with E-state index < -0.39 is 11.6 Å². The van der Waals surface area contributed by atoms with Crippen molar-refractivity contribution in [2.75, 3.05) is 0 Å². The van der Waals surface area contributed by atoms with E-state index >= 15 is 0 Å². The SMILES string of the molecule is C/C=C/C1CCC(CCC2CC=C(c3ccc(C)c(F)c3F)CC2)CC1. The fourth-order valence-corrected chi connectivity index (χ4v) is 4.70. The van der Waals surface area contributed by atoms with Gasteiger partial charge in [-0.15, -0.1) is 0 Å². The summed E-state index contributed by atoms with van der Waals surface area (Å²) in [6.07, 6.45) is 17.8. The Morgan fingerprint density at radius 1 is 0.962 bits per heavy atom. The van der Waals surface area contributed by atoms with Crippen LogP contribution >= 0.6 is 0 Å². The maximum absolute atomic E-state index is 14.2. The Bertz CT molecular complexity index is 663. The number of halogens is 2. The van der Waals surface area contributed by atoms with Crippen LogP contribution in [0.25, 0.3) is 5.57 Å². The number of aryl methyl sites for hydroxylation is 1. The van der Waals surface area contributed by atoms with Gasteiger partial charge in [-0.3, -0.25) is 0 Å². The third-order valence-corrected chi connectivity index (χ3v) is 6.48. The van der Waals surface area contributed by atoms with Crippen LogP contribution in [0.1, 0.15) is 75.8 Å². The lowest BCUT2D eigenvalue weighted by molar-refractivity contribution is 0.271. The van der Waals surface area contributed by atoms with Crippen molar-refractivity contribution in [1.29, 1.82) is 0 Å². The first-order chi connectivity index (χ1) is 12.6. The van der Waals surface area contributed by atoms with E-state index in [-0.39, 0.29) is 0 Å². The van der Waals surface area contributed by atoms with Gasteiger partial charge < -0.3 is 0 Å². The van der Waals surface area contributed by atoms with Crippen molar-refractivity contribution in [2.24, 2.45) is 17.8 Å². The third-order valence-electron chi connectivity index (χ3n) is 6.48. The first-order valence-electron chi connectivity index (χ1n) is 10.3. The van der Waals surface area contributed by atoms with Gasteiger partial charge in [0, 0.05) is 5.56 Å². The molecule has 1 fully saturated rings. The Kier molecular flexibility index (Phi) is 6.67. The van der Waals surface area contributed by atoms with Crippen molar-refractivity contribution >= 4 is 5.57 Å². The molecule has 1 aromatic carbocycles. The largest absolute Gasteiger partial charge is 0.203 e. The van der Waals surface area contributed by atoms with Crippen LogP contribution in [0.4, 0.5) is 8.78 Å². The van der Waals surface area contributed by atoms with Crippen molar-refractivity contribution in [3.8, 4) is 0 Å². The highest BCUT2D eigenvalue weighted by molar-refractivity contribution is 5.67. The molecule has 1 saturated carbocycles. The fourth-order valence-electron chi connectivity index (χ4n) is 4.70. The van der Waals surface area contributed by atoms with E-state index in [1.807, 2.05) is 0 Å². The van der Waals surface area contributed by atoms with E-state index in [2.05, 4.69) is 25.2 Å². The second-order valence-corrected chi connectivity index (χ2v) is 8.31. The molecular formula is C24H32F2. The van der Waals surface area contributed by atoms with Crippen molar-refractivity contribution in [3.63, 3.8) is 0 Å². The van der Waals surface area contributed by atoms with Crippen LogP contribution in [0, 0.1) is 36.3 Å². The molecule has 0 radical (unpaired) electrons. The first-order valence-corrected chi connectivity index (χ1v) is 10.3. The second kappa shape index (κ2) is 8.97. The third kappa shape index (κ3) is 4.64. The molecule has 2 heteroatoms. The van der Waals surface area contributed by atoms with Crippen molar-refractivity contribution in [1.82, 2.24) is 0 Å². The van der Waals surface area contributed by atoms with Crippen LogP contribution in [0.5, 0.6) is 0 Å². The molecule has 1 aromatic rings. The molecule has 2 aliphatic rings. The van der Waals surface area contributed by atoms with Gasteiger partial charge in [-0.2, -0.15) is 0 Å². The molecule has 26 heavy (non-hydrogen) atoms. The molecule has 2 aliphatic carbocycles. The molecule has 0 nitrogen and oxygen atoms in total. The predicted octanol–water partition coefficient (Wildman–Crippen LogP) is 7.62. The zero-order chi connectivity index (χ0) is 18.5. The average Bonchev–Trinajstić information content (AvgIpc) is 2.67. The summed E-state index contributed by atoms with van der Waals surface area (Å²) in [6.45, 7) is 3.73. The molecule has 1 unspecified atom stereocenters. The molecule has 1 atom stereocenters. The van der Waals surface area contributed by atoms with Crippen molar-refractivity contribution < 1.29 is 8.78 Å². The van der Waals surface area contributed by atoms with E-state index in [9.17, 15) is 8.78 Å². The molecule has 0 bridgehead atoms. The smallest absolute Gasteiger partial charge is 0.166 e. The Balaban J connectivity index is 1.49. The van der Waals surface area contributed by atoms with Crippen LogP contribution in [0.2, 0.25) is 0 Å². The van der Waals surface area contributed by atoms with Crippen LogP contribution in [-0.4, -0.2) is 0 Å². The van der Waals surface area contributed by atoms with E-state index in [0.717, 1.165) is 36.7 Å². The predicted molar refractivity (Wildman–Crippen MR) is 106 cm³/mol. The van der Waals surface area contributed by atoms with Crippen LogP contribution in [-0.2, 0) is 0 Å². The van der Waals surface area contributed by atoms with Gasteiger partial charge in [-0.05, 0) is 94.1 Å². The number of benzene rings is 1. The average molecular weight is 359 g/mol. The van der Waals surface area contributed by atoms with Gasteiger partial charge in [0.2, 0.25) is 0 Å². The van der Waals surface area contributed by atoms with Gasteiger partial charge in [0.25, 0.3) is 0 Å². The highest BCUT2D eigenvalue weighted by Gasteiger charge is 2.23. The minimum atomic E-state index is -0.695. The molecule has 0 saturated heterocycles. The lowest BCUT2D eigenvalue weighted by Crippen LogP contribution is -2.15. The number of hydrogen-bond donors (Lipinski definition) is 0. The van der Waals surface area contributed by atoms with Gasteiger partial charge in [0.15, 0.2) is 11.6 Å². The van der Waals surface area contributed by atoms with Crippen molar-refractivity contribution in [2.45, 2.75) is 71.6 Å². The van der Waals surface area contributed by atoms with Gasteiger partial charge in [-0.1, -0.05) is 36.8 Å². The monoisotopic (exact) mass is 358 g/mol. The Morgan fingerprint density at radius 2 is 1.69 bits per heavy atom. The summed E-state index contributed by atoms with van der Waals surface area (Å²) >= 11 is 0. The maximum Gasteiger partial charge on any atom is 0.166 e. The quantitative estimate of drug-likeness (QED) is 0.475. The second-order valence-electron chi connectivity index (χ2n) is 8.31. The van der Waals surface area contributed by atoms with Crippen LogP contribution in [0.3, 0.4) is 0 Å². The van der Waals surface area contributed by atoms with Crippen LogP contribution < -0.4 is 0 Å². The van der Waals surface area contributed by atoms with Gasteiger partial charge in [0.05, 0.1) is 0 Å². The molecule has 0 spiro atoms. The lowest BCUT2D eigenvalue weighted by Gasteiger charge is -2.29. The number of rotatable bonds is 5. The Morgan fingerprint density at radius 3 is 2.35 bits per heavy atom. The molecule has 0 aliphatic heterocycles. The standard InChI is InChI=1S/C24H32F2/c1-3-4-18-6-8-19(9-7-18)10-11-20-12-14-21(15-13-20)22-16-5-17(2)23(25)24(22)26/h3-5,14,16,18-20H,6-13,15H2,1-2H3/b4-3+. The minimum Gasteiger partial charge on any atom is -0.203 e. The molecular weight excluding hydrogens is 326 g/mol. The first kappa shape index (κ1) is 19.3.